The fourth-order valence-corrected chi connectivity index (χ4v) is 4.87. The second kappa shape index (κ2) is 8.29. The van der Waals surface area contributed by atoms with Crippen LogP contribution >= 0.6 is 0 Å². The van der Waals surface area contributed by atoms with Crippen molar-refractivity contribution < 1.29 is 22.7 Å². The molecule has 4 rings (SSSR count). The van der Waals surface area contributed by atoms with Gasteiger partial charge in [0.1, 0.15) is 11.5 Å². The van der Waals surface area contributed by atoms with Crippen molar-refractivity contribution in [2.75, 3.05) is 11.6 Å². The second-order valence-electron chi connectivity index (χ2n) is 8.89. The number of halogens is 1. The van der Waals surface area contributed by atoms with Gasteiger partial charge in [-0.15, -0.1) is 0 Å². The maximum absolute atomic E-state index is 13.8. The molecule has 7 nitrogen and oxygen atoms in total. The molecule has 1 aromatic heterocycles. The van der Waals surface area contributed by atoms with Gasteiger partial charge in [0.2, 0.25) is 0 Å². The Balaban J connectivity index is 1.66. The van der Waals surface area contributed by atoms with Crippen LogP contribution < -0.4 is 5.32 Å². The van der Waals surface area contributed by atoms with Crippen LogP contribution in [0.15, 0.2) is 47.4 Å². The molecule has 0 bridgehead atoms. The van der Waals surface area contributed by atoms with Gasteiger partial charge in [-0.3, -0.25) is 9.48 Å². The number of sulfone groups is 1. The molecule has 170 valence electrons. The van der Waals surface area contributed by atoms with Crippen molar-refractivity contribution in [1.29, 1.82) is 0 Å². The summed E-state index contributed by atoms with van der Waals surface area (Å²) in [6.45, 7) is 2.30. The largest absolute Gasteiger partial charge is 0.390 e. The number of carbonyl (C=O) groups is 1. The normalized spacial score (nSPS) is 21.6. The summed E-state index contributed by atoms with van der Waals surface area (Å²) in [7, 11) is -3.42. The Labute approximate surface area is 186 Å². The molecule has 1 aliphatic carbocycles. The van der Waals surface area contributed by atoms with Gasteiger partial charge < -0.3 is 10.4 Å². The van der Waals surface area contributed by atoms with Crippen molar-refractivity contribution in [3.05, 3.63) is 54.0 Å². The second-order valence-corrected chi connectivity index (χ2v) is 10.9. The summed E-state index contributed by atoms with van der Waals surface area (Å²) < 4.78 is 39.1. The molecule has 32 heavy (non-hydrogen) atoms. The molecule has 9 heteroatoms. The predicted octanol–water partition coefficient (Wildman–Crippen LogP) is 3.77. The number of nitrogens with one attached hydrogen (secondary N) is 1. The van der Waals surface area contributed by atoms with E-state index < -0.39 is 27.2 Å². The molecule has 1 heterocycles. The van der Waals surface area contributed by atoms with Crippen LogP contribution in [0.25, 0.3) is 10.9 Å². The smallest absolute Gasteiger partial charge is 0.274 e. The molecule has 0 spiro atoms. The van der Waals surface area contributed by atoms with Crippen molar-refractivity contribution >= 4 is 32.3 Å². The molecule has 2 N–H and O–H groups in total. The zero-order valence-electron chi connectivity index (χ0n) is 18.0. The number of hydrogen-bond acceptors (Lipinski definition) is 5. The summed E-state index contributed by atoms with van der Waals surface area (Å²) in [6, 6.07) is 10.1. The van der Waals surface area contributed by atoms with Gasteiger partial charge in [0.25, 0.3) is 5.91 Å². The van der Waals surface area contributed by atoms with Crippen LogP contribution in [0.3, 0.4) is 0 Å². The van der Waals surface area contributed by atoms with E-state index in [9.17, 15) is 22.7 Å². The summed E-state index contributed by atoms with van der Waals surface area (Å²) in [5, 5.41) is 18.0. The first kappa shape index (κ1) is 22.4. The van der Waals surface area contributed by atoms with E-state index in [-0.39, 0.29) is 10.8 Å². The van der Waals surface area contributed by atoms with Gasteiger partial charge in [-0.25, -0.2) is 12.8 Å². The molecule has 0 radical (unpaired) electrons. The Morgan fingerprint density at radius 2 is 1.97 bits per heavy atom. The number of carbonyl (C=O) groups excluding carboxylic acids is 1. The highest BCUT2D eigenvalue weighted by atomic mass is 32.2. The zero-order valence-corrected chi connectivity index (χ0v) is 18.8. The molecule has 1 fully saturated rings. The molecular weight excluding hydrogens is 433 g/mol. The SMILES string of the molecule is CC1(O)CCC(Cn2nc3cc(F)ccc3c2C(=O)Nc2cccc(S(C)(=O)=O)c2)CC1. The lowest BCUT2D eigenvalue weighted by Crippen LogP contribution is -2.32. The summed E-state index contributed by atoms with van der Waals surface area (Å²) in [4.78, 5) is 13.3. The lowest BCUT2D eigenvalue weighted by Gasteiger charge is -2.33. The van der Waals surface area contributed by atoms with Crippen molar-refractivity contribution in [2.45, 2.75) is 49.6 Å². The minimum atomic E-state index is -3.42. The van der Waals surface area contributed by atoms with Crippen molar-refractivity contribution in [2.24, 2.45) is 5.92 Å². The van der Waals surface area contributed by atoms with Crippen LogP contribution in [-0.4, -0.2) is 41.1 Å². The number of anilines is 1. The third-order valence-electron chi connectivity index (χ3n) is 6.05. The van der Waals surface area contributed by atoms with Crippen LogP contribution in [0.4, 0.5) is 10.1 Å². The number of fused-ring (bicyclic) bond motifs is 1. The van der Waals surface area contributed by atoms with Gasteiger partial charge in [-0.1, -0.05) is 6.07 Å². The molecule has 2 aromatic carbocycles. The van der Waals surface area contributed by atoms with E-state index in [0.29, 0.717) is 41.7 Å². The maximum atomic E-state index is 13.8. The average Bonchev–Trinajstić information content (AvgIpc) is 3.06. The number of amides is 1. The topological polar surface area (TPSA) is 101 Å². The molecule has 1 aliphatic rings. The van der Waals surface area contributed by atoms with E-state index in [2.05, 4.69) is 10.4 Å². The Morgan fingerprint density at radius 3 is 2.66 bits per heavy atom. The third kappa shape index (κ3) is 4.83. The number of nitrogens with zero attached hydrogens (tertiary/aromatic N) is 2. The zero-order chi connectivity index (χ0) is 23.1. The first-order valence-electron chi connectivity index (χ1n) is 10.5. The van der Waals surface area contributed by atoms with Gasteiger partial charge in [0.15, 0.2) is 9.84 Å². The van der Waals surface area contributed by atoms with Crippen LogP contribution in [0.2, 0.25) is 0 Å². The van der Waals surface area contributed by atoms with Crippen LogP contribution in [0, 0.1) is 11.7 Å². The molecular formula is C23H26FN3O4S. The van der Waals surface area contributed by atoms with Gasteiger partial charge >= 0.3 is 0 Å². The van der Waals surface area contributed by atoms with E-state index in [0.717, 1.165) is 19.1 Å². The summed E-state index contributed by atoms with van der Waals surface area (Å²) in [5.41, 5.74) is 0.346. The number of hydrogen-bond donors (Lipinski definition) is 2. The van der Waals surface area contributed by atoms with Crippen LogP contribution in [0.1, 0.15) is 43.1 Å². The third-order valence-corrected chi connectivity index (χ3v) is 7.16. The Hall–Kier alpha value is -2.78. The standard InChI is InChI=1S/C23H26FN3O4S/c1-23(29)10-8-15(9-11-23)14-27-21(19-7-6-16(24)12-20(19)26-27)22(28)25-17-4-3-5-18(13-17)32(2,30)31/h3-7,12-13,15,29H,8-11,14H2,1-2H3,(H,25,28). The molecule has 1 saturated carbocycles. The first-order valence-corrected chi connectivity index (χ1v) is 12.4. The molecule has 0 aliphatic heterocycles. The lowest BCUT2D eigenvalue weighted by atomic mass is 9.80. The van der Waals surface area contributed by atoms with E-state index >= 15 is 0 Å². The molecule has 0 atom stereocenters. The van der Waals surface area contributed by atoms with Crippen molar-refractivity contribution in [1.82, 2.24) is 9.78 Å². The number of aliphatic hydroxyl groups is 1. The van der Waals surface area contributed by atoms with E-state index in [1.807, 2.05) is 6.92 Å². The van der Waals surface area contributed by atoms with E-state index in [4.69, 9.17) is 0 Å². The highest BCUT2D eigenvalue weighted by molar-refractivity contribution is 7.90. The van der Waals surface area contributed by atoms with Crippen molar-refractivity contribution in [3.63, 3.8) is 0 Å². The van der Waals surface area contributed by atoms with Gasteiger partial charge in [-0.2, -0.15) is 5.10 Å². The number of benzene rings is 2. The van der Waals surface area contributed by atoms with Crippen molar-refractivity contribution in [3.8, 4) is 0 Å². The van der Waals surface area contributed by atoms with Gasteiger partial charge in [0, 0.05) is 29.9 Å². The van der Waals surface area contributed by atoms with E-state index in [1.54, 1.807) is 16.8 Å². The fraction of sp³-hybridized carbons (Fsp3) is 0.391. The first-order chi connectivity index (χ1) is 15.0. The number of aromatic nitrogens is 2. The highest BCUT2D eigenvalue weighted by Crippen LogP contribution is 2.33. The molecule has 3 aromatic rings. The average molecular weight is 460 g/mol. The Kier molecular flexibility index (Phi) is 5.81. The summed E-state index contributed by atoms with van der Waals surface area (Å²) in [6.07, 6.45) is 4.05. The van der Waals surface area contributed by atoms with Crippen LogP contribution in [-0.2, 0) is 16.4 Å². The number of rotatable bonds is 5. The monoisotopic (exact) mass is 459 g/mol. The Morgan fingerprint density at radius 1 is 1.25 bits per heavy atom. The maximum Gasteiger partial charge on any atom is 0.274 e. The lowest BCUT2D eigenvalue weighted by molar-refractivity contribution is 0.00524. The van der Waals surface area contributed by atoms with Gasteiger partial charge in [0.05, 0.1) is 16.0 Å². The van der Waals surface area contributed by atoms with Crippen LogP contribution in [0.5, 0.6) is 0 Å². The van der Waals surface area contributed by atoms with Gasteiger partial charge in [-0.05, 0) is 68.9 Å². The molecule has 1 amide bonds. The minimum absolute atomic E-state index is 0.102. The highest BCUT2D eigenvalue weighted by Gasteiger charge is 2.30. The fourth-order valence-electron chi connectivity index (χ4n) is 4.20. The quantitative estimate of drug-likeness (QED) is 0.605. The Bertz CT molecular complexity index is 1270. The molecule has 0 saturated heterocycles. The van der Waals surface area contributed by atoms with E-state index in [1.165, 1.54) is 30.3 Å². The molecule has 0 unspecified atom stereocenters. The minimum Gasteiger partial charge on any atom is -0.390 e. The predicted molar refractivity (Wildman–Crippen MR) is 120 cm³/mol. The summed E-state index contributed by atoms with van der Waals surface area (Å²) >= 11 is 0. The summed E-state index contributed by atoms with van der Waals surface area (Å²) in [5.74, 6) is -0.661.